The average molecular weight is 354 g/mol. The van der Waals surface area contributed by atoms with E-state index in [-0.39, 0.29) is 23.3 Å². The number of carbonyl (C=O) groups excluding carboxylic acids is 1. The van der Waals surface area contributed by atoms with E-state index in [4.69, 9.17) is 14.6 Å². The van der Waals surface area contributed by atoms with Crippen molar-refractivity contribution in [2.75, 3.05) is 19.8 Å². The Morgan fingerprint density at radius 3 is 2.69 bits per heavy atom. The molecule has 1 aromatic heterocycles. The normalized spacial score (nSPS) is 18.6. The predicted molar refractivity (Wildman–Crippen MR) is 91.6 cm³/mol. The molecule has 1 amide bonds. The number of hydrogen-bond acceptors (Lipinski definition) is 5. The van der Waals surface area contributed by atoms with Gasteiger partial charge < -0.3 is 19.5 Å². The number of ether oxygens (including phenoxy) is 2. The molecule has 1 unspecified atom stereocenters. The maximum atomic E-state index is 13.0. The molecule has 7 heteroatoms. The van der Waals surface area contributed by atoms with Crippen molar-refractivity contribution in [1.82, 2.24) is 9.88 Å². The van der Waals surface area contributed by atoms with Gasteiger partial charge in [0.2, 0.25) is 0 Å². The number of nitrogens with zero attached hydrogens (tertiary/aromatic N) is 2. The molecule has 2 aromatic rings. The maximum absolute atomic E-state index is 13.0. The second-order valence-corrected chi connectivity index (χ2v) is 6.24. The van der Waals surface area contributed by atoms with Crippen molar-refractivity contribution < 1.29 is 24.2 Å². The summed E-state index contributed by atoms with van der Waals surface area (Å²) >= 11 is 0. The summed E-state index contributed by atoms with van der Waals surface area (Å²) in [7, 11) is 0. The van der Waals surface area contributed by atoms with Gasteiger partial charge in [-0.1, -0.05) is 18.2 Å². The van der Waals surface area contributed by atoms with Crippen molar-refractivity contribution in [2.45, 2.75) is 18.9 Å². The summed E-state index contributed by atoms with van der Waals surface area (Å²) in [5, 5.41) is 9.10. The Morgan fingerprint density at radius 1 is 1.08 bits per heavy atom. The zero-order valence-electron chi connectivity index (χ0n) is 14.1. The van der Waals surface area contributed by atoms with Gasteiger partial charge in [0.25, 0.3) is 5.91 Å². The summed E-state index contributed by atoms with van der Waals surface area (Å²) in [5.41, 5.74) is 0.918. The van der Waals surface area contributed by atoms with Gasteiger partial charge in [-0.2, -0.15) is 0 Å². The number of rotatable bonds is 3. The van der Waals surface area contributed by atoms with Crippen LogP contribution in [0, 0.1) is 0 Å². The van der Waals surface area contributed by atoms with Crippen LogP contribution >= 0.6 is 0 Å². The molecule has 1 N–H and O–H groups in total. The minimum Gasteiger partial charge on any atom is -0.486 e. The summed E-state index contributed by atoms with van der Waals surface area (Å²) in [6, 6.07) is 10.0. The first-order chi connectivity index (χ1) is 12.6. The van der Waals surface area contributed by atoms with Crippen LogP contribution in [-0.2, 0) is 0 Å². The van der Waals surface area contributed by atoms with E-state index in [1.807, 2.05) is 18.2 Å². The molecule has 1 aromatic carbocycles. The van der Waals surface area contributed by atoms with Gasteiger partial charge in [-0.15, -0.1) is 0 Å². The number of fused-ring (bicyclic) bond motifs is 1. The molecular weight excluding hydrogens is 336 g/mol. The van der Waals surface area contributed by atoms with E-state index in [0.717, 1.165) is 18.4 Å². The predicted octanol–water partition coefficient (Wildman–Crippen LogP) is 2.53. The lowest BCUT2D eigenvalue weighted by Gasteiger charge is -2.28. The van der Waals surface area contributed by atoms with E-state index < -0.39 is 5.97 Å². The van der Waals surface area contributed by atoms with Gasteiger partial charge in [0.15, 0.2) is 11.5 Å². The Hall–Kier alpha value is -3.09. The van der Waals surface area contributed by atoms with Crippen LogP contribution in [0.5, 0.6) is 11.5 Å². The Labute approximate surface area is 150 Å². The first-order valence-electron chi connectivity index (χ1n) is 8.55. The van der Waals surface area contributed by atoms with Crippen LogP contribution in [0.15, 0.2) is 36.4 Å². The van der Waals surface area contributed by atoms with Crippen LogP contribution < -0.4 is 9.47 Å². The zero-order valence-corrected chi connectivity index (χ0v) is 14.1. The number of aromatic carboxylic acids is 1. The summed E-state index contributed by atoms with van der Waals surface area (Å²) in [5.74, 6) is -0.0417. The van der Waals surface area contributed by atoms with Crippen molar-refractivity contribution in [3.63, 3.8) is 0 Å². The Bertz CT molecular complexity index is 867. The van der Waals surface area contributed by atoms with E-state index in [0.29, 0.717) is 31.3 Å². The highest BCUT2D eigenvalue weighted by molar-refractivity contribution is 5.94. The van der Waals surface area contributed by atoms with Crippen molar-refractivity contribution in [3.8, 4) is 11.5 Å². The van der Waals surface area contributed by atoms with Crippen molar-refractivity contribution in [2.24, 2.45) is 0 Å². The number of carboxylic acids is 1. The lowest BCUT2D eigenvalue weighted by atomic mass is 10.0. The molecule has 0 bridgehead atoms. The third-order valence-corrected chi connectivity index (χ3v) is 4.66. The number of benzene rings is 1. The monoisotopic (exact) mass is 354 g/mol. The van der Waals surface area contributed by atoms with Crippen LogP contribution in [0.3, 0.4) is 0 Å². The molecule has 0 aliphatic carbocycles. The SMILES string of the molecule is O=C(O)c1cccc(C(=O)N2CCCC2c2cccc3c2OCCO3)n1. The molecule has 3 heterocycles. The van der Waals surface area contributed by atoms with Gasteiger partial charge in [0, 0.05) is 12.1 Å². The van der Waals surface area contributed by atoms with E-state index >= 15 is 0 Å². The molecule has 0 saturated carbocycles. The average Bonchev–Trinajstić information content (AvgIpc) is 3.16. The topological polar surface area (TPSA) is 89.0 Å². The Morgan fingerprint density at radius 2 is 1.85 bits per heavy atom. The van der Waals surface area contributed by atoms with Crippen molar-refractivity contribution in [3.05, 3.63) is 53.3 Å². The lowest BCUT2D eigenvalue weighted by Crippen LogP contribution is -2.32. The Kier molecular flexibility index (Phi) is 4.20. The number of carbonyl (C=O) groups is 2. The first-order valence-corrected chi connectivity index (χ1v) is 8.55. The van der Waals surface area contributed by atoms with Gasteiger partial charge >= 0.3 is 5.97 Å². The molecule has 0 radical (unpaired) electrons. The molecule has 0 spiro atoms. The number of para-hydroxylation sites is 1. The minimum absolute atomic E-state index is 0.138. The second-order valence-electron chi connectivity index (χ2n) is 6.24. The van der Waals surface area contributed by atoms with Crippen LogP contribution in [-0.4, -0.2) is 46.6 Å². The molecule has 2 aliphatic heterocycles. The van der Waals surface area contributed by atoms with Crippen LogP contribution in [0.25, 0.3) is 0 Å². The highest BCUT2D eigenvalue weighted by Crippen LogP contribution is 2.43. The quantitative estimate of drug-likeness (QED) is 0.911. The number of carboxylic acid groups (broad SMARTS) is 1. The van der Waals surface area contributed by atoms with Crippen LogP contribution in [0.4, 0.5) is 0 Å². The molecule has 134 valence electrons. The first kappa shape index (κ1) is 16.4. The van der Waals surface area contributed by atoms with Crippen molar-refractivity contribution >= 4 is 11.9 Å². The van der Waals surface area contributed by atoms with Gasteiger partial charge in [0.1, 0.15) is 24.6 Å². The summed E-state index contributed by atoms with van der Waals surface area (Å²) < 4.78 is 11.4. The molecule has 2 aliphatic rings. The lowest BCUT2D eigenvalue weighted by molar-refractivity contribution is 0.0689. The number of amides is 1. The van der Waals surface area contributed by atoms with Crippen LogP contribution in [0.2, 0.25) is 0 Å². The molecule has 1 atom stereocenters. The molecular formula is C19H18N2O5. The van der Waals surface area contributed by atoms with E-state index in [2.05, 4.69) is 4.98 Å². The third-order valence-electron chi connectivity index (χ3n) is 4.66. The standard InChI is InChI=1S/C19H18N2O5/c22-18(13-5-2-6-14(20-13)19(23)24)21-9-3-7-15(21)12-4-1-8-16-17(12)26-11-10-25-16/h1-2,4-6,8,15H,3,7,9-11H2,(H,23,24). The molecule has 1 fully saturated rings. The fourth-order valence-corrected chi connectivity index (χ4v) is 3.51. The largest absolute Gasteiger partial charge is 0.486 e. The molecule has 1 saturated heterocycles. The fourth-order valence-electron chi connectivity index (χ4n) is 3.51. The second kappa shape index (κ2) is 6.67. The molecule has 4 rings (SSSR count). The van der Waals surface area contributed by atoms with Crippen molar-refractivity contribution in [1.29, 1.82) is 0 Å². The zero-order chi connectivity index (χ0) is 18.1. The molecule has 26 heavy (non-hydrogen) atoms. The molecule has 7 nitrogen and oxygen atoms in total. The Balaban J connectivity index is 1.66. The number of hydrogen-bond donors (Lipinski definition) is 1. The van der Waals surface area contributed by atoms with E-state index in [1.165, 1.54) is 12.1 Å². The summed E-state index contributed by atoms with van der Waals surface area (Å²) in [6.45, 7) is 1.58. The van der Waals surface area contributed by atoms with Crippen LogP contribution in [0.1, 0.15) is 45.4 Å². The van der Waals surface area contributed by atoms with E-state index in [1.54, 1.807) is 11.0 Å². The smallest absolute Gasteiger partial charge is 0.354 e. The van der Waals surface area contributed by atoms with E-state index in [9.17, 15) is 9.59 Å². The highest BCUT2D eigenvalue weighted by Gasteiger charge is 2.34. The van der Waals surface area contributed by atoms with Gasteiger partial charge in [-0.3, -0.25) is 4.79 Å². The number of aromatic nitrogens is 1. The third kappa shape index (κ3) is 2.85. The summed E-state index contributed by atoms with van der Waals surface area (Å²) in [4.78, 5) is 29.8. The van der Waals surface area contributed by atoms with Gasteiger partial charge in [-0.05, 0) is 31.0 Å². The van der Waals surface area contributed by atoms with Gasteiger partial charge in [0.05, 0.1) is 6.04 Å². The summed E-state index contributed by atoms with van der Waals surface area (Å²) in [6.07, 6.45) is 1.67. The maximum Gasteiger partial charge on any atom is 0.354 e. The highest BCUT2D eigenvalue weighted by atomic mass is 16.6. The van der Waals surface area contributed by atoms with Gasteiger partial charge in [-0.25, -0.2) is 9.78 Å². The fraction of sp³-hybridized carbons (Fsp3) is 0.316. The number of pyridine rings is 1. The number of likely N-dealkylation sites (tertiary alicyclic amines) is 1. The minimum atomic E-state index is -1.15.